The van der Waals surface area contributed by atoms with Crippen LogP contribution in [0.2, 0.25) is 0 Å². The van der Waals surface area contributed by atoms with E-state index in [1.165, 1.54) is 4.90 Å². The van der Waals surface area contributed by atoms with E-state index in [2.05, 4.69) is 10.4 Å². The van der Waals surface area contributed by atoms with E-state index in [1.54, 1.807) is 27.4 Å². The number of amides is 1. The van der Waals surface area contributed by atoms with Crippen molar-refractivity contribution in [3.8, 4) is 5.69 Å². The largest absolute Gasteiger partial charge is 0.354 e. The molecule has 0 saturated carbocycles. The van der Waals surface area contributed by atoms with Gasteiger partial charge in [-0.05, 0) is 25.5 Å². The molecule has 0 spiro atoms. The van der Waals surface area contributed by atoms with Crippen LogP contribution < -0.4 is 10.2 Å². The zero-order valence-electron chi connectivity index (χ0n) is 21.1. The van der Waals surface area contributed by atoms with Crippen molar-refractivity contribution in [2.75, 3.05) is 55.7 Å². The van der Waals surface area contributed by atoms with Gasteiger partial charge in [-0.15, -0.1) is 11.8 Å². The van der Waals surface area contributed by atoms with Crippen LogP contribution in [0.25, 0.3) is 5.69 Å². The van der Waals surface area contributed by atoms with Gasteiger partial charge < -0.3 is 15.1 Å². The lowest BCUT2D eigenvalue weighted by Crippen LogP contribution is -2.51. The maximum absolute atomic E-state index is 12.8. The predicted molar refractivity (Wildman–Crippen MR) is 121 cm³/mol. The first-order chi connectivity index (χ1) is 16.2. The van der Waals surface area contributed by atoms with Crippen LogP contribution >= 0.6 is 11.8 Å². The van der Waals surface area contributed by atoms with Gasteiger partial charge in [0.2, 0.25) is 5.91 Å². The quantitative estimate of drug-likeness (QED) is 0.795. The lowest BCUT2D eigenvalue weighted by atomic mass is 10.1. The number of carbonyl (C=O) groups excluding carboxylic acids is 1. The summed E-state index contributed by atoms with van der Waals surface area (Å²) in [5.74, 6) is 2.25. The highest BCUT2D eigenvalue weighted by molar-refractivity contribution is 7.99. The maximum Gasteiger partial charge on any atom is 0.240 e. The molecule has 3 aliphatic rings. The van der Waals surface area contributed by atoms with Gasteiger partial charge in [-0.25, -0.2) is 4.68 Å². The number of aromatic nitrogens is 2. The Morgan fingerprint density at radius 1 is 1.23 bits per heavy atom. The molecule has 5 rings (SSSR count). The van der Waals surface area contributed by atoms with Crippen molar-refractivity contribution >= 4 is 23.5 Å². The first-order valence-electron chi connectivity index (χ1n) is 12.5. The van der Waals surface area contributed by atoms with E-state index in [9.17, 15) is 4.79 Å². The standard InChI is InChI=1S/C22H30N6OS/c1-17-13-21(28(24-17)18-5-3-2-4-6-18)26-9-7-25(8-10-26)19-14-20(23-15-19)22(29)27-11-12-30-16-27/h2-6,13,19-20,23H,7-12,14-16H2,1H3/t19-,20-/m0/s1/i7D2,9D2. The molecule has 0 bridgehead atoms. The van der Waals surface area contributed by atoms with Crippen LogP contribution in [-0.2, 0) is 4.79 Å². The number of piperazine rings is 1. The van der Waals surface area contributed by atoms with Crippen LogP contribution in [0.4, 0.5) is 5.82 Å². The number of nitrogens with one attached hydrogen (secondary N) is 1. The lowest BCUT2D eigenvalue weighted by molar-refractivity contribution is -0.131. The van der Waals surface area contributed by atoms with Gasteiger partial charge in [0.05, 0.1) is 26.0 Å². The van der Waals surface area contributed by atoms with Gasteiger partial charge in [-0.2, -0.15) is 5.10 Å². The van der Waals surface area contributed by atoms with Crippen molar-refractivity contribution in [2.45, 2.75) is 25.4 Å². The molecule has 2 aromatic rings. The first kappa shape index (κ1) is 15.7. The van der Waals surface area contributed by atoms with Crippen LogP contribution in [0.5, 0.6) is 0 Å². The fourth-order valence-electron chi connectivity index (χ4n) is 4.28. The molecule has 30 heavy (non-hydrogen) atoms. The molecule has 1 N–H and O–H groups in total. The number of thioether (sulfide) groups is 1. The summed E-state index contributed by atoms with van der Waals surface area (Å²) in [6.07, 6.45) is 0.483. The van der Waals surface area contributed by atoms with Gasteiger partial charge in [0.15, 0.2) is 0 Å². The van der Waals surface area contributed by atoms with Crippen molar-refractivity contribution in [3.05, 3.63) is 42.1 Å². The Labute approximate surface area is 188 Å². The molecule has 3 fully saturated rings. The number of para-hydroxylation sites is 1. The molecule has 8 heteroatoms. The minimum absolute atomic E-state index is 0.0666. The summed E-state index contributed by atoms with van der Waals surface area (Å²) in [7, 11) is 0. The molecule has 0 unspecified atom stereocenters. The molecule has 1 aromatic heterocycles. The third-order valence-electron chi connectivity index (χ3n) is 5.89. The predicted octanol–water partition coefficient (Wildman–Crippen LogP) is 1.57. The molecule has 3 aliphatic heterocycles. The van der Waals surface area contributed by atoms with Crippen molar-refractivity contribution in [1.82, 2.24) is 24.9 Å². The fourth-order valence-corrected chi connectivity index (χ4v) is 5.23. The molecular formula is C22H30N6OS. The molecule has 1 amide bonds. The van der Waals surface area contributed by atoms with E-state index in [1.807, 2.05) is 42.2 Å². The average molecular weight is 431 g/mol. The Hall–Kier alpha value is -2.03. The third kappa shape index (κ3) is 3.96. The van der Waals surface area contributed by atoms with E-state index in [4.69, 9.17) is 5.48 Å². The summed E-state index contributed by atoms with van der Waals surface area (Å²) >= 11 is 1.74. The molecule has 3 saturated heterocycles. The molecule has 0 radical (unpaired) electrons. The number of benzene rings is 1. The second kappa shape index (κ2) is 8.61. The van der Waals surface area contributed by atoms with Crippen LogP contribution in [0.3, 0.4) is 0 Å². The van der Waals surface area contributed by atoms with E-state index < -0.39 is 13.0 Å². The number of carbonyl (C=O) groups is 1. The summed E-state index contributed by atoms with van der Waals surface area (Å²) in [4.78, 5) is 17.8. The highest BCUT2D eigenvalue weighted by Gasteiger charge is 2.36. The molecule has 2 atom stereocenters. The van der Waals surface area contributed by atoms with E-state index in [0.29, 0.717) is 37.7 Å². The summed E-state index contributed by atoms with van der Waals surface area (Å²) in [5, 5.41) is 7.82. The SMILES string of the molecule is [2H]C1([2H])N(c2cc(C)nn2-c2ccccc2)CCN([C@@H]2CN[C@H](C(=O)N3CCSC3)C2)C1([2H])[2H]. The van der Waals surface area contributed by atoms with Gasteiger partial charge in [0, 0.05) is 59.8 Å². The zero-order chi connectivity index (χ0) is 24.1. The summed E-state index contributed by atoms with van der Waals surface area (Å²) in [6, 6.07) is 10.7. The Balaban J connectivity index is 1.37. The Morgan fingerprint density at radius 3 is 2.90 bits per heavy atom. The molecule has 4 heterocycles. The minimum Gasteiger partial charge on any atom is -0.354 e. The molecule has 0 aliphatic carbocycles. The number of nitrogens with zero attached hydrogens (tertiary/aromatic N) is 5. The number of aryl methyl sites for hydroxylation is 1. The lowest BCUT2D eigenvalue weighted by Gasteiger charge is -2.38. The number of hydrogen-bond acceptors (Lipinski definition) is 6. The fraction of sp³-hybridized carbons (Fsp3) is 0.545. The van der Waals surface area contributed by atoms with E-state index in [0.717, 1.165) is 23.7 Å². The van der Waals surface area contributed by atoms with Crippen LogP contribution in [0, 0.1) is 6.92 Å². The second-order valence-electron chi connectivity index (χ2n) is 7.95. The Bertz CT molecular complexity index is 1050. The highest BCUT2D eigenvalue weighted by Crippen LogP contribution is 2.25. The molecule has 160 valence electrons. The van der Waals surface area contributed by atoms with Gasteiger partial charge in [-0.1, -0.05) is 18.2 Å². The van der Waals surface area contributed by atoms with Gasteiger partial charge >= 0.3 is 0 Å². The molecule has 7 nitrogen and oxygen atoms in total. The third-order valence-corrected chi connectivity index (χ3v) is 6.86. The number of hydrogen-bond donors (Lipinski definition) is 1. The first-order valence-corrected chi connectivity index (χ1v) is 11.6. The topological polar surface area (TPSA) is 56.6 Å². The highest BCUT2D eigenvalue weighted by atomic mass is 32.2. The Kier molecular flexibility index (Phi) is 4.51. The van der Waals surface area contributed by atoms with Crippen molar-refractivity contribution < 1.29 is 10.3 Å². The summed E-state index contributed by atoms with van der Waals surface area (Å²) in [6.45, 7) is -0.849. The van der Waals surface area contributed by atoms with E-state index >= 15 is 0 Å². The van der Waals surface area contributed by atoms with Crippen molar-refractivity contribution in [2.24, 2.45) is 0 Å². The van der Waals surface area contributed by atoms with Gasteiger partial charge in [0.1, 0.15) is 5.82 Å². The second-order valence-corrected chi connectivity index (χ2v) is 9.02. The monoisotopic (exact) mass is 430 g/mol. The molecule has 1 aromatic carbocycles. The molecular weight excluding hydrogens is 396 g/mol. The van der Waals surface area contributed by atoms with Crippen LogP contribution in [0.15, 0.2) is 36.4 Å². The minimum atomic E-state index is -2.31. The van der Waals surface area contributed by atoms with Crippen LogP contribution in [0.1, 0.15) is 17.6 Å². The smallest absolute Gasteiger partial charge is 0.240 e. The Morgan fingerprint density at radius 2 is 2.10 bits per heavy atom. The van der Waals surface area contributed by atoms with Crippen LogP contribution in [-0.4, -0.2) is 88.4 Å². The van der Waals surface area contributed by atoms with Gasteiger partial charge in [0.25, 0.3) is 0 Å². The van der Waals surface area contributed by atoms with E-state index in [-0.39, 0.29) is 18.0 Å². The normalized spacial score (nSPS) is 30.6. The zero-order valence-corrected chi connectivity index (χ0v) is 17.9. The average Bonchev–Trinajstić information content (AvgIpc) is 3.57. The maximum atomic E-state index is 12.8. The van der Waals surface area contributed by atoms with Gasteiger partial charge in [-0.3, -0.25) is 9.69 Å². The van der Waals surface area contributed by atoms with Crippen molar-refractivity contribution in [3.63, 3.8) is 0 Å². The summed E-state index contributed by atoms with van der Waals surface area (Å²) in [5.41, 5.74) is 1.53. The van der Waals surface area contributed by atoms with Crippen molar-refractivity contribution in [1.29, 1.82) is 0 Å². The summed E-state index contributed by atoms with van der Waals surface area (Å²) < 4.78 is 37.2. The number of rotatable bonds is 4. The number of anilines is 1.